The molecule has 0 saturated carbocycles. The number of nitrogens with one attached hydrogen (secondary N) is 1. The van der Waals surface area contributed by atoms with Gasteiger partial charge in [0.25, 0.3) is 5.91 Å². The molecule has 3 aromatic rings. The van der Waals surface area contributed by atoms with Crippen LogP contribution in [0.5, 0.6) is 5.75 Å². The van der Waals surface area contributed by atoms with Gasteiger partial charge in [0.2, 0.25) is 0 Å². The van der Waals surface area contributed by atoms with Gasteiger partial charge < -0.3 is 10.0 Å². The van der Waals surface area contributed by atoms with Gasteiger partial charge in [-0.1, -0.05) is 23.8 Å². The monoisotopic (exact) mass is 337 g/mol. The van der Waals surface area contributed by atoms with E-state index in [1.165, 1.54) is 12.1 Å². The third-order valence-corrected chi connectivity index (χ3v) is 4.59. The summed E-state index contributed by atoms with van der Waals surface area (Å²) in [5.41, 5.74) is 3.94. The number of hydrogen-bond acceptors (Lipinski definition) is 3. The zero-order chi connectivity index (χ0) is 17.7. The van der Waals surface area contributed by atoms with Gasteiger partial charge in [0.05, 0.1) is 6.04 Å². The molecule has 6 heteroatoms. The number of carbonyl (C=O) groups excluding carboxylic acids is 1. The maximum absolute atomic E-state index is 13.3. The molecule has 0 aliphatic carbocycles. The number of aromatic nitrogens is 2. The minimum atomic E-state index is -0.392. The average molecular weight is 337 g/mol. The van der Waals surface area contributed by atoms with Crippen LogP contribution in [-0.4, -0.2) is 33.2 Å². The third-order valence-electron chi connectivity index (χ3n) is 4.59. The minimum Gasteiger partial charge on any atom is -0.507 e. The van der Waals surface area contributed by atoms with Crippen molar-refractivity contribution >= 4 is 5.91 Å². The molecule has 2 aromatic carbocycles. The van der Waals surface area contributed by atoms with E-state index >= 15 is 0 Å². The maximum Gasteiger partial charge on any atom is 0.272 e. The number of phenolic OH excluding ortho intramolecular Hbond substituents is 1. The van der Waals surface area contributed by atoms with Gasteiger partial charge in [-0.05, 0) is 36.8 Å². The molecule has 2 heterocycles. The summed E-state index contributed by atoms with van der Waals surface area (Å²) in [7, 11) is 1.70. The molecule has 0 spiro atoms. The molecule has 25 heavy (non-hydrogen) atoms. The summed E-state index contributed by atoms with van der Waals surface area (Å²) in [6.07, 6.45) is 0. The fourth-order valence-electron chi connectivity index (χ4n) is 3.35. The number of hydrogen-bond donors (Lipinski definition) is 2. The first kappa shape index (κ1) is 15.4. The van der Waals surface area contributed by atoms with Crippen LogP contribution in [0.25, 0.3) is 11.3 Å². The number of H-pyrrole nitrogens is 1. The predicted molar refractivity (Wildman–Crippen MR) is 90.8 cm³/mol. The van der Waals surface area contributed by atoms with Crippen LogP contribution in [-0.2, 0) is 0 Å². The van der Waals surface area contributed by atoms with Crippen molar-refractivity contribution in [2.45, 2.75) is 13.0 Å². The lowest BCUT2D eigenvalue weighted by Crippen LogP contribution is -2.24. The van der Waals surface area contributed by atoms with Crippen LogP contribution in [0.2, 0.25) is 0 Å². The Labute approximate surface area is 143 Å². The van der Waals surface area contributed by atoms with Crippen molar-refractivity contribution in [1.29, 1.82) is 0 Å². The number of phenols is 1. The van der Waals surface area contributed by atoms with Crippen molar-refractivity contribution in [2.24, 2.45) is 0 Å². The van der Waals surface area contributed by atoms with E-state index in [9.17, 15) is 14.3 Å². The second kappa shape index (κ2) is 5.44. The van der Waals surface area contributed by atoms with E-state index in [0.29, 0.717) is 22.5 Å². The molecule has 1 aliphatic rings. The van der Waals surface area contributed by atoms with E-state index < -0.39 is 6.04 Å². The Hall–Kier alpha value is -3.15. The first-order valence-corrected chi connectivity index (χ1v) is 7.88. The van der Waals surface area contributed by atoms with Gasteiger partial charge in [0.1, 0.15) is 23.0 Å². The minimum absolute atomic E-state index is 0.0970. The van der Waals surface area contributed by atoms with Crippen LogP contribution in [0, 0.1) is 12.7 Å². The number of aromatic hydroxyl groups is 1. The van der Waals surface area contributed by atoms with Crippen molar-refractivity contribution in [2.75, 3.05) is 7.05 Å². The molecule has 0 radical (unpaired) electrons. The van der Waals surface area contributed by atoms with E-state index in [-0.39, 0.29) is 17.5 Å². The quantitative estimate of drug-likeness (QED) is 0.753. The summed E-state index contributed by atoms with van der Waals surface area (Å²) in [5.74, 6) is -0.422. The zero-order valence-corrected chi connectivity index (χ0v) is 13.7. The van der Waals surface area contributed by atoms with Gasteiger partial charge in [0, 0.05) is 18.2 Å². The lowest BCUT2D eigenvalue weighted by Gasteiger charge is -2.22. The second-order valence-corrected chi connectivity index (χ2v) is 6.25. The fraction of sp³-hybridized carbons (Fsp3) is 0.158. The van der Waals surface area contributed by atoms with Gasteiger partial charge in [-0.15, -0.1) is 0 Å². The zero-order valence-electron chi connectivity index (χ0n) is 13.7. The highest BCUT2D eigenvalue weighted by Crippen LogP contribution is 2.43. The number of halogens is 1. The van der Waals surface area contributed by atoms with Crippen LogP contribution < -0.4 is 0 Å². The SMILES string of the molecule is Cc1ccc(O)c(-c2n[nH]c3c2C(c2ccc(F)cc2)N(C)C3=O)c1. The summed E-state index contributed by atoms with van der Waals surface area (Å²) in [5, 5.41) is 17.3. The summed E-state index contributed by atoms with van der Waals surface area (Å²) in [4.78, 5) is 14.2. The molecular weight excluding hydrogens is 321 g/mol. The number of rotatable bonds is 2. The van der Waals surface area contributed by atoms with Gasteiger partial charge in [-0.3, -0.25) is 9.89 Å². The summed E-state index contributed by atoms with van der Waals surface area (Å²) >= 11 is 0. The van der Waals surface area contributed by atoms with Crippen LogP contribution in [0.15, 0.2) is 42.5 Å². The summed E-state index contributed by atoms with van der Waals surface area (Å²) < 4.78 is 13.3. The van der Waals surface area contributed by atoms with E-state index in [4.69, 9.17) is 0 Å². The topological polar surface area (TPSA) is 69.2 Å². The number of benzene rings is 2. The van der Waals surface area contributed by atoms with Gasteiger partial charge in [-0.25, -0.2) is 4.39 Å². The van der Waals surface area contributed by atoms with Crippen LogP contribution in [0.4, 0.5) is 4.39 Å². The van der Waals surface area contributed by atoms with Gasteiger partial charge in [0.15, 0.2) is 0 Å². The Morgan fingerprint density at radius 2 is 1.92 bits per heavy atom. The van der Waals surface area contributed by atoms with Crippen molar-refractivity contribution in [3.05, 3.63) is 70.7 Å². The lowest BCUT2D eigenvalue weighted by molar-refractivity contribution is 0.0788. The molecule has 1 unspecified atom stereocenters. The first-order chi connectivity index (χ1) is 12.0. The number of aryl methyl sites for hydroxylation is 1. The Morgan fingerprint density at radius 3 is 2.64 bits per heavy atom. The van der Waals surface area contributed by atoms with E-state index in [1.54, 1.807) is 36.2 Å². The molecule has 1 aliphatic heterocycles. The predicted octanol–water partition coefficient (Wildman–Crippen LogP) is 3.40. The number of fused-ring (bicyclic) bond motifs is 1. The Kier molecular flexibility index (Phi) is 3.35. The first-order valence-electron chi connectivity index (χ1n) is 7.88. The Morgan fingerprint density at radius 1 is 1.20 bits per heavy atom. The fourth-order valence-corrected chi connectivity index (χ4v) is 3.35. The second-order valence-electron chi connectivity index (χ2n) is 6.25. The molecule has 1 amide bonds. The standard InChI is InChI=1S/C19H16FN3O2/c1-10-3-8-14(24)13(9-10)16-15-17(22-21-16)19(25)23(2)18(15)11-4-6-12(20)7-5-11/h3-9,18,24H,1-2H3,(H,21,22). The Balaban J connectivity index is 1.93. The largest absolute Gasteiger partial charge is 0.507 e. The van der Waals surface area contributed by atoms with E-state index in [0.717, 1.165) is 11.1 Å². The van der Waals surface area contributed by atoms with Crippen molar-refractivity contribution < 1.29 is 14.3 Å². The third kappa shape index (κ3) is 2.29. The molecule has 0 fully saturated rings. The van der Waals surface area contributed by atoms with E-state index in [2.05, 4.69) is 10.2 Å². The molecule has 126 valence electrons. The van der Waals surface area contributed by atoms with Crippen LogP contribution in [0.3, 0.4) is 0 Å². The molecule has 0 bridgehead atoms. The smallest absolute Gasteiger partial charge is 0.272 e. The lowest BCUT2D eigenvalue weighted by atomic mass is 9.95. The molecule has 0 saturated heterocycles. The number of nitrogens with zero attached hydrogens (tertiary/aromatic N) is 2. The van der Waals surface area contributed by atoms with Crippen molar-refractivity contribution in [1.82, 2.24) is 15.1 Å². The summed E-state index contributed by atoms with van der Waals surface area (Å²) in [6.45, 7) is 1.92. The highest BCUT2D eigenvalue weighted by molar-refractivity contribution is 6.00. The van der Waals surface area contributed by atoms with Gasteiger partial charge in [-0.2, -0.15) is 5.10 Å². The normalized spacial score (nSPS) is 16.4. The molecule has 2 N–H and O–H groups in total. The van der Waals surface area contributed by atoms with Crippen molar-refractivity contribution in [3.8, 4) is 17.0 Å². The molecule has 4 rings (SSSR count). The van der Waals surface area contributed by atoms with Crippen molar-refractivity contribution in [3.63, 3.8) is 0 Å². The number of aromatic amines is 1. The maximum atomic E-state index is 13.3. The molecular formula is C19H16FN3O2. The average Bonchev–Trinajstić information content (AvgIpc) is 3.11. The molecule has 1 aromatic heterocycles. The Bertz CT molecular complexity index is 979. The van der Waals surface area contributed by atoms with Crippen LogP contribution >= 0.6 is 0 Å². The number of carbonyl (C=O) groups is 1. The molecule has 5 nitrogen and oxygen atoms in total. The highest BCUT2D eigenvalue weighted by Gasteiger charge is 2.40. The van der Waals surface area contributed by atoms with Gasteiger partial charge >= 0.3 is 0 Å². The van der Waals surface area contributed by atoms with Crippen LogP contribution in [0.1, 0.15) is 33.2 Å². The van der Waals surface area contributed by atoms with E-state index in [1.807, 2.05) is 13.0 Å². The molecule has 1 atom stereocenters. The number of amides is 1. The highest BCUT2D eigenvalue weighted by atomic mass is 19.1. The summed E-state index contributed by atoms with van der Waals surface area (Å²) in [6, 6.07) is 10.9.